The summed E-state index contributed by atoms with van der Waals surface area (Å²) in [5.74, 6) is 0.0469. The van der Waals surface area contributed by atoms with Gasteiger partial charge >= 0.3 is 0 Å². The first-order valence-corrected chi connectivity index (χ1v) is 8.22. The van der Waals surface area contributed by atoms with Gasteiger partial charge in [-0.1, -0.05) is 43.7 Å². The largest absolute Gasteiger partial charge is 0.343 e. The molecule has 138 valence electrons. The van der Waals surface area contributed by atoms with Crippen LogP contribution in [0.4, 0.5) is 0 Å². The van der Waals surface area contributed by atoms with E-state index in [9.17, 15) is 4.79 Å². The molecule has 0 saturated carbocycles. The van der Waals surface area contributed by atoms with E-state index in [0.717, 1.165) is 5.56 Å². The van der Waals surface area contributed by atoms with Crippen molar-refractivity contribution in [3.63, 3.8) is 0 Å². The van der Waals surface area contributed by atoms with Crippen LogP contribution >= 0.6 is 12.4 Å². The number of amides is 1. The maximum absolute atomic E-state index is 12.9. The van der Waals surface area contributed by atoms with Crippen LogP contribution in [0.3, 0.4) is 0 Å². The second-order valence-electron chi connectivity index (χ2n) is 7.11. The van der Waals surface area contributed by atoms with E-state index in [2.05, 4.69) is 55.5 Å². The molecule has 1 aromatic heterocycles. The fourth-order valence-electron chi connectivity index (χ4n) is 3.01. The minimum Gasteiger partial charge on any atom is -0.343 e. The highest BCUT2D eigenvalue weighted by Crippen LogP contribution is 2.25. The van der Waals surface area contributed by atoms with E-state index in [4.69, 9.17) is 0 Å². The Morgan fingerprint density at radius 1 is 1.32 bits per heavy atom. The summed E-state index contributed by atoms with van der Waals surface area (Å²) in [6.07, 6.45) is 3.61. The molecule has 5 nitrogen and oxygen atoms in total. The lowest BCUT2D eigenvalue weighted by molar-refractivity contribution is -0.132. The lowest BCUT2D eigenvalue weighted by Gasteiger charge is -2.32. The van der Waals surface area contributed by atoms with Crippen molar-refractivity contribution in [3.8, 4) is 0 Å². The summed E-state index contributed by atoms with van der Waals surface area (Å²) in [6, 6.07) is 8.14. The fourth-order valence-corrected chi connectivity index (χ4v) is 3.01. The van der Waals surface area contributed by atoms with Crippen molar-refractivity contribution in [2.24, 2.45) is 7.05 Å². The Bertz CT molecular complexity index is 694. The summed E-state index contributed by atoms with van der Waals surface area (Å²) in [7, 11) is 5.51. The first-order valence-electron chi connectivity index (χ1n) is 8.22. The van der Waals surface area contributed by atoms with Crippen LogP contribution in [0.1, 0.15) is 36.6 Å². The van der Waals surface area contributed by atoms with Crippen molar-refractivity contribution in [1.82, 2.24) is 20.0 Å². The molecule has 1 N–H and O–H groups in total. The van der Waals surface area contributed by atoms with E-state index in [0.29, 0.717) is 6.54 Å². The van der Waals surface area contributed by atoms with E-state index in [1.165, 1.54) is 11.1 Å². The highest BCUT2D eigenvalue weighted by atomic mass is 35.5. The lowest BCUT2D eigenvalue weighted by Crippen LogP contribution is -2.43. The molecule has 2 rings (SSSR count). The van der Waals surface area contributed by atoms with Crippen molar-refractivity contribution in [2.75, 3.05) is 20.6 Å². The highest BCUT2D eigenvalue weighted by molar-refractivity contribution is 5.85. The van der Waals surface area contributed by atoms with Gasteiger partial charge in [0.25, 0.3) is 0 Å². The topological polar surface area (TPSA) is 50.2 Å². The van der Waals surface area contributed by atoms with E-state index >= 15 is 0 Å². The van der Waals surface area contributed by atoms with Crippen molar-refractivity contribution >= 4 is 18.3 Å². The van der Waals surface area contributed by atoms with Crippen LogP contribution in [0, 0.1) is 6.92 Å². The number of nitrogens with zero attached hydrogens (tertiary/aromatic N) is 3. The monoisotopic (exact) mass is 364 g/mol. The lowest BCUT2D eigenvalue weighted by atomic mass is 9.83. The Hall–Kier alpha value is -1.85. The maximum Gasteiger partial charge on any atom is 0.244 e. The number of aromatic nitrogens is 2. The number of hydrogen-bond acceptors (Lipinski definition) is 3. The van der Waals surface area contributed by atoms with Gasteiger partial charge in [0.15, 0.2) is 0 Å². The van der Waals surface area contributed by atoms with Crippen molar-refractivity contribution in [1.29, 1.82) is 0 Å². The molecule has 6 heteroatoms. The van der Waals surface area contributed by atoms with Gasteiger partial charge in [0.2, 0.25) is 5.91 Å². The molecule has 1 aromatic carbocycles. The van der Waals surface area contributed by atoms with Gasteiger partial charge in [-0.25, -0.2) is 0 Å². The quantitative estimate of drug-likeness (QED) is 0.857. The van der Waals surface area contributed by atoms with Gasteiger partial charge in [0, 0.05) is 37.8 Å². The number of likely N-dealkylation sites (N-methyl/N-ethyl adjacent to an activating group) is 2. The third kappa shape index (κ3) is 5.06. The van der Waals surface area contributed by atoms with E-state index in [-0.39, 0.29) is 29.8 Å². The predicted octanol–water partition coefficient (Wildman–Crippen LogP) is 2.85. The van der Waals surface area contributed by atoms with Crippen LogP contribution in [0.25, 0.3) is 0 Å². The van der Waals surface area contributed by atoms with E-state index in [1.54, 1.807) is 22.8 Å². The molecular weight excluding hydrogens is 336 g/mol. The molecule has 0 aliphatic rings. The van der Waals surface area contributed by atoms with E-state index < -0.39 is 0 Å². The Morgan fingerprint density at radius 2 is 1.92 bits per heavy atom. The van der Waals surface area contributed by atoms with Gasteiger partial charge in [0.1, 0.15) is 6.04 Å². The van der Waals surface area contributed by atoms with Crippen LogP contribution < -0.4 is 5.32 Å². The number of aryl methyl sites for hydroxylation is 2. The van der Waals surface area contributed by atoms with Crippen LogP contribution in [0.5, 0.6) is 0 Å². The summed E-state index contributed by atoms with van der Waals surface area (Å²) in [6.45, 7) is 7.06. The molecule has 1 amide bonds. The van der Waals surface area contributed by atoms with Gasteiger partial charge < -0.3 is 10.2 Å². The standard InChI is InChI=1S/C19H28N4O.ClH/c1-14-7-9-16(10-8-14)19(2,3)13-22(5)18(24)17(20-4)15-11-21-23(6)12-15;/h7-12,17,20H,13H2,1-6H3;1H. The molecule has 25 heavy (non-hydrogen) atoms. The average Bonchev–Trinajstić information content (AvgIpc) is 2.94. The fraction of sp³-hybridized carbons (Fsp3) is 0.474. The molecule has 1 heterocycles. The number of nitrogens with one attached hydrogen (secondary N) is 1. The van der Waals surface area contributed by atoms with Gasteiger partial charge in [0.05, 0.1) is 6.20 Å². The van der Waals surface area contributed by atoms with Gasteiger partial charge in [-0.3, -0.25) is 9.48 Å². The summed E-state index contributed by atoms with van der Waals surface area (Å²) in [5.41, 5.74) is 3.23. The highest BCUT2D eigenvalue weighted by Gasteiger charge is 2.29. The second kappa shape index (κ2) is 8.50. The Balaban J connectivity index is 0.00000312. The molecule has 0 aliphatic heterocycles. The van der Waals surface area contributed by atoms with Gasteiger partial charge in [-0.05, 0) is 19.5 Å². The maximum atomic E-state index is 12.9. The average molecular weight is 365 g/mol. The van der Waals surface area contributed by atoms with Gasteiger partial charge in [-0.15, -0.1) is 12.4 Å². The molecule has 0 bridgehead atoms. The number of rotatable bonds is 6. The number of carbonyl (C=O) groups is 1. The first-order chi connectivity index (χ1) is 11.2. The summed E-state index contributed by atoms with van der Waals surface area (Å²) in [4.78, 5) is 14.7. The SMILES string of the molecule is CNC(C(=O)N(C)CC(C)(C)c1ccc(C)cc1)c1cnn(C)c1.Cl. The van der Waals surface area contributed by atoms with Crippen molar-refractivity contribution in [2.45, 2.75) is 32.2 Å². The minimum atomic E-state index is -0.377. The zero-order valence-electron chi connectivity index (χ0n) is 15.9. The Labute approximate surface area is 156 Å². The third-order valence-electron chi connectivity index (χ3n) is 4.44. The smallest absolute Gasteiger partial charge is 0.244 e. The number of hydrogen-bond donors (Lipinski definition) is 1. The second-order valence-corrected chi connectivity index (χ2v) is 7.11. The van der Waals surface area contributed by atoms with Crippen LogP contribution in [-0.4, -0.2) is 41.2 Å². The third-order valence-corrected chi connectivity index (χ3v) is 4.44. The normalized spacial score (nSPS) is 12.4. The molecule has 0 aliphatic carbocycles. The summed E-state index contributed by atoms with van der Waals surface area (Å²) in [5, 5.41) is 7.26. The molecule has 2 aromatic rings. The molecule has 1 unspecified atom stereocenters. The molecule has 0 radical (unpaired) electrons. The number of carbonyl (C=O) groups excluding carboxylic acids is 1. The van der Waals surface area contributed by atoms with Crippen molar-refractivity contribution in [3.05, 3.63) is 53.3 Å². The first kappa shape index (κ1) is 21.2. The van der Waals surface area contributed by atoms with Crippen LogP contribution in [0.15, 0.2) is 36.7 Å². The zero-order chi connectivity index (χ0) is 17.9. The minimum absolute atomic E-state index is 0. The molecule has 0 spiro atoms. The summed E-state index contributed by atoms with van der Waals surface area (Å²) < 4.78 is 1.71. The van der Waals surface area contributed by atoms with Crippen LogP contribution in [-0.2, 0) is 17.3 Å². The predicted molar refractivity (Wildman–Crippen MR) is 104 cm³/mol. The summed E-state index contributed by atoms with van der Waals surface area (Å²) >= 11 is 0. The number of benzene rings is 1. The number of halogens is 1. The van der Waals surface area contributed by atoms with Crippen molar-refractivity contribution < 1.29 is 4.79 Å². The Kier molecular flexibility index (Phi) is 7.20. The molecule has 0 saturated heterocycles. The zero-order valence-corrected chi connectivity index (χ0v) is 16.7. The van der Waals surface area contributed by atoms with Gasteiger partial charge in [-0.2, -0.15) is 5.10 Å². The molecule has 0 fully saturated rings. The Morgan fingerprint density at radius 3 is 2.40 bits per heavy atom. The van der Waals surface area contributed by atoms with Crippen LogP contribution in [0.2, 0.25) is 0 Å². The molecular formula is C19H29ClN4O. The molecule has 1 atom stereocenters. The van der Waals surface area contributed by atoms with E-state index in [1.807, 2.05) is 20.3 Å².